The zero-order valence-corrected chi connectivity index (χ0v) is 18.6. The lowest BCUT2D eigenvalue weighted by atomic mass is 10.1. The van der Waals surface area contributed by atoms with Crippen LogP contribution in [-0.2, 0) is 39.5 Å². The van der Waals surface area contributed by atoms with E-state index in [1.165, 1.54) is 0 Å². The molecule has 0 aliphatic rings. The summed E-state index contributed by atoms with van der Waals surface area (Å²) in [5.74, 6) is 0. The fourth-order valence-electron chi connectivity index (χ4n) is 2.36. The third kappa shape index (κ3) is 7.64. The second kappa shape index (κ2) is 11.0. The highest BCUT2D eigenvalue weighted by atomic mass is 79.9. The highest BCUT2D eigenvalue weighted by Gasteiger charge is 2.29. The minimum absolute atomic E-state index is 0.0989. The number of hydrogen-bond acceptors (Lipinski definition) is 6. The Morgan fingerprint density at radius 2 is 1.16 bits per heavy atom. The van der Waals surface area contributed by atoms with Gasteiger partial charge in [0.15, 0.2) is 0 Å². The summed E-state index contributed by atoms with van der Waals surface area (Å²) in [6.45, 7) is 8.24. The van der Waals surface area contributed by atoms with Crippen molar-refractivity contribution in [3.05, 3.63) is 33.8 Å². The van der Waals surface area contributed by atoms with Crippen molar-refractivity contribution in [3.63, 3.8) is 0 Å². The van der Waals surface area contributed by atoms with E-state index >= 15 is 0 Å². The summed E-state index contributed by atoms with van der Waals surface area (Å²) < 4.78 is 48.1. The van der Waals surface area contributed by atoms with Crippen molar-refractivity contribution in [2.75, 3.05) is 26.4 Å². The molecular formula is C16H27BrO6P2. The molecule has 0 aliphatic heterocycles. The summed E-state index contributed by atoms with van der Waals surface area (Å²) in [5.41, 5.74) is 1.48. The average Bonchev–Trinajstić information content (AvgIpc) is 2.51. The van der Waals surface area contributed by atoms with E-state index < -0.39 is 15.2 Å². The van der Waals surface area contributed by atoms with Gasteiger partial charge in [0.25, 0.3) is 0 Å². The Hall–Kier alpha value is -0.0000000000000000694. The van der Waals surface area contributed by atoms with Crippen molar-refractivity contribution in [1.29, 1.82) is 0 Å². The first-order chi connectivity index (χ1) is 11.8. The fraction of sp³-hybridized carbons (Fsp3) is 0.625. The predicted octanol–water partition coefficient (Wildman–Crippen LogP) is 5.98. The van der Waals surface area contributed by atoms with Crippen LogP contribution in [-0.4, -0.2) is 26.4 Å². The van der Waals surface area contributed by atoms with Gasteiger partial charge >= 0.3 is 15.2 Å². The SMILES string of the molecule is CCOP(=O)(Cc1ccc(Br)cc1CP(=O)(OCC)OCC)OCC. The second-order valence-corrected chi connectivity index (χ2v) is 10.1. The van der Waals surface area contributed by atoms with E-state index in [0.29, 0.717) is 13.2 Å². The lowest BCUT2D eigenvalue weighted by Gasteiger charge is -2.21. The van der Waals surface area contributed by atoms with Crippen LogP contribution in [0.25, 0.3) is 0 Å². The van der Waals surface area contributed by atoms with Gasteiger partial charge < -0.3 is 18.1 Å². The van der Waals surface area contributed by atoms with Crippen molar-refractivity contribution < 1.29 is 27.2 Å². The molecule has 0 radical (unpaired) electrons. The van der Waals surface area contributed by atoms with Crippen molar-refractivity contribution in [1.82, 2.24) is 0 Å². The lowest BCUT2D eigenvalue weighted by Crippen LogP contribution is -2.04. The highest BCUT2D eigenvalue weighted by Crippen LogP contribution is 2.55. The Labute approximate surface area is 158 Å². The summed E-state index contributed by atoms with van der Waals surface area (Å²) in [7, 11) is -6.54. The van der Waals surface area contributed by atoms with Crippen molar-refractivity contribution in [2.45, 2.75) is 40.0 Å². The van der Waals surface area contributed by atoms with E-state index in [0.717, 1.165) is 15.6 Å². The Morgan fingerprint density at radius 1 is 0.760 bits per heavy atom. The van der Waals surface area contributed by atoms with Crippen molar-refractivity contribution in [2.24, 2.45) is 0 Å². The van der Waals surface area contributed by atoms with E-state index in [1.54, 1.807) is 27.7 Å². The molecular weight excluding hydrogens is 430 g/mol. The molecule has 0 saturated heterocycles. The summed E-state index contributed by atoms with van der Waals surface area (Å²) in [6, 6.07) is 5.50. The lowest BCUT2D eigenvalue weighted by molar-refractivity contribution is 0.217. The monoisotopic (exact) mass is 456 g/mol. The number of hydrogen-bond donors (Lipinski definition) is 0. The molecule has 0 N–H and O–H groups in total. The second-order valence-electron chi connectivity index (χ2n) is 5.12. The Bertz CT molecular complexity index is 617. The zero-order chi connectivity index (χ0) is 18.9. The first-order valence-corrected chi connectivity index (χ1v) is 12.6. The molecule has 1 aromatic rings. The van der Waals surface area contributed by atoms with Gasteiger partial charge in [0.05, 0.1) is 38.8 Å². The minimum Gasteiger partial charge on any atom is -0.309 e. The maximum absolute atomic E-state index is 12.9. The molecule has 0 unspecified atom stereocenters. The third-order valence-electron chi connectivity index (χ3n) is 3.20. The fourth-order valence-corrected chi connectivity index (χ4v) is 6.29. The van der Waals surface area contributed by atoms with Gasteiger partial charge in [-0.3, -0.25) is 9.13 Å². The van der Waals surface area contributed by atoms with Crippen LogP contribution in [0.5, 0.6) is 0 Å². The Morgan fingerprint density at radius 3 is 1.56 bits per heavy atom. The van der Waals surface area contributed by atoms with Gasteiger partial charge in [0.2, 0.25) is 0 Å². The number of benzene rings is 1. The van der Waals surface area contributed by atoms with Gasteiger partial charge in [-0.05, 0) is 51.0 Å². The summed E-state index contributed by atoms with van der Waals surface area (Å²) in [5, 5.41) is 0. The van der Waals surface area contributed by atoms with Gasteiger partial charge in [-0.25, -0.2) is 0 Å². The van der Waals surface area contributed by atoms with Gasteiger partial charge in [-0.15, -0.1) is 0 Å². The van der Waals surface area contributed by atoms with E-state index in [1.807, 2.05) is 18.2 Å². The van der Waals surface area contributed by atoms with Gasteiger partial charge in [0.1, 0.15) is 0 Å². The Balaban J connectivity index is 3.17. The molecule has 25 heavy (non-hydrogen) atoms. The molecule has 0 amide bonds. The molecule has 0 fully saturated rings. The van der Waals surface area contributed by atoms with Gasteiger partial charge in [-0.1, -0.05) is 22.0 Å². The first-order valence-electron chi connectivity index (χ1n) is 8.35. The average molecular weight is 457 g/mol. The van der Waals surface area contributed by atoms with Crippen LogP contribution >= 0.6 is 31.1 Å². The van der Waals surface area contributed by atoms with E-state index in [2.05, 4.69) is 15.9 Å². The molecule has 6 nitrogen and oxygen atoms in total. The molecule has 1 rings (SSSR count). The smallest absolute Gasteiger partial charge is 0.309 e. The number of halogens is 1. The van der Waals surface area contributed by atoms with Gasteiger partial charge in [-0.2, -0.15) is 0 Å². The number of rotatable bonds is 12. The molecule has 0 saturated carbocycles. The predicted molar refractivity (Wildman–Crippen MR) is 103 cm³/mol. The maximum Gasteiger partial charge on any atom is 0.335 e. The van der Waals surface area contributed by atoms with Crippen LogP contribution in [0.3, 0.4) is 0 Å². The minimum atomic E-state index is -3.28. The van der Waals surface area contributed by atoms with Crippen LogP contribution in [0.15, 0.2) is 22.7 Å². The molecule has 0 heterocycles. The summed E-state index contributed by atoms with van der Waals surface area (Å²) >= 11 is 3.42. The van der Waals surface area contributed by atoms with Crippen LogP contribution < -0.4 is 0 Å². The van der Waals surface area contributed by atoms with Gasteiger partial charge in [0, 0.05) is 4.47 Å². The van der Waals surface area contributed by atoms with Crippen LogP contribution in [0.1, 0.15) is 38.8 Å². The van der Waals surface area contributed by atoms with E-state index in [9.17, 15) is 9.13 Å². The topological polar surface area (TPSA) is 71.1 Å². The summed E-state index contributed by atoms with van der Waals surface area (Å²) in [6.07, 6.45) is 0.206. The largest absolute Gasteiger partial charge is 0.335 e. The first kappa shape index (κ1) is 23.0. The maximum atomic E-state index is 12.9. The zero-order valence-electron chi connectivity index (χ0n) is 15.2. The molecule has 9 heteroatoms. The van der Waals surface area contributed by atoms with Crippen molar-refractivity contribution >= 4 is 31.1 Å². The molecule has 1 aromatic carbocycles. The molecule has 0 aliphatic carbocycles. The van der Waals surface area contributed by atoms with Crippen LogP contribution in [0.4, 0.5) is 0 Å². The molecule has 0 aromatic heterocycles. The molecule has 0 bridgehead atoms. The van der Waals surface area contributed by atoms with Crippen molar-refractivity contribution in [3.8, 4) is 0 Å². The van der Waals surface area contributed by atoms with Crippen LogP contribution in [0, 0.1) is 0 Å². The van der Waals surface area contributed by atoms with Crippen LogP contribution in [0.2, 0.25) is 0 Å². The standard InChI is InChI=1S/C16H27BrO6P2/c1-5-20-24(18,21-6-2)12-14-9-10-16(17)11-15(14)13-25(19,22-7-3)23-8-4/h9-11H,5-8,12-13H2,1-4H3. The van der Waals surface area contributed by atoms with E-state index in [-0.39, 0.29) is 25.5 Å². The van der Waals surface area contributed by atoms with E-state index in [4.69, 9.17) is 18.1 Å². The quantitative estimate of drug-likeness (QED) is 0.360. The Kier molecular flexibility index (Phi) is 10.1. The highest BCUT2D eigenvalue weighted by molar-refractivity contribution is 9.10. The molecule has 0 atom stereocenters. The molecule has 0 spiro atoms. The third-order valence-corrected chi connectivity index (χ3v) is 7.76. The normalized spacial score (nSPS) is 12.5. The molecule has 144 valence electrons. The summed E-state index contributed by atoms with van der Waals surface area (Å²) in [4.78, 5) is 0.